The molecule has 1 aliphatic heterocycles. The lowest BCUT2D eigenvalue weighted by atomic mass is 9.84. The Morgan fingerprint density at radius 3 is 1.71 bits per heavy atom. The summed E-state index contributed by atoms with van der Waals surface area (Å²) in [5.74, 6) is 0.0122. The minimum atomic E-state index is -4.50. The van der Waals surface area contributed by atoms with Gasteiger partial charge in [-0.25, -0.2) is 9.59 Å². The zero-order valence-electron chi connectivity index (χ0n) is 14.7. The standard InChI is InChI=1S/C20H13F3O5/c1-9-7-13-16(18(24)26-9)15(11-3-5-12(6-4-11)20(21,22)23)17-14(28-13)8-10(2)27-19(17)25/h3-8,15H,1-2H3. The molecule has 28 heavy (non-hydrogen) atoms. The van der Waals surface area contributed by atoms with Gasteiger partial charge in [0.1, 0.15) is 23.0 Å². The lowest BCUT2D eigenvalue weighted by Crippen LogP contribution is -2.26. The Balaban J connectivity index is 1.99. The first kappa shape index (κ1) is 18.1. The average Bonchev–Trinajstić information content (AvgIpc) is 2.58. The van der Waals surface area contributed by atoms with E-state index in [0.717, 1.165) is 12.1 Å². The second kappa shape index (κ2) is 6.12. The van der Waals surface area contributed by atoms with Crippen molar-refractivity contribution in [3.05, 3.63) is 91.0 Å². The molecule has 0 radical (unpaired) electrons. The van der Waals surface area contributed by atoms with E-state index < -0.39 is 28.9 Å². The van der Waals surface area contributed by atoms with Crippen molar-refractivity contribution < 1.29 is 26.7 Å². The Kier molecular flexibility index (Phi) is 3.95. The third-order valence-electron chi connectivity index (χ3n) is 4.52. The number of aryl methyl sites for hydroxylation is 2. The van der Waals surface area contributed by atoms with Crippen LogP contribution in [0.15, 0.2) is 54.8 Å². The zero-order chi connectivity index (χ0) is 20.2. The fourth-order valence-electron chi connectivity index (χ4n) is 3.34. The smallest absolute Gasteiger partial charge is 0.416 e. The van der Waals surface area contributed by atoms with Crippen molar-refractivity contribution in [2.75, 3.05) is 0 Å². The molecular formula is C20H13F3O5. The van der Waals surface area contributed by atoms with Gasteiger partial charge in [0.05, 0.1) is 22.6 Å². The molecule has 0 saturated heterocycles. The molecule has 4 rings (SSSR count). The molecule has 1 aliphatic rings. The molecule has 3 heterocycles. The number of hydrogen-bond acceptors (Lipinski definition) is 5. The Bertz CT molecular complexity index is 1120. The lowest BCUT2D eigenvalue weighted by Gasteiger charge is -2.26. The van der Waals surface area contributed by atoms with Crippen molar-refractivity contribution in [3.63, 3.8) is 0 Å². The molecular weight excluding hydrogens is 377 g/mol. The van der Waals surface area contributed by atoms with Crippen LogP contribution in [-0.2, 0) is 6.18 Å². The first-order valence-corrected chi connectivity index (χ1v) is 8.29. The molecule has 5 nitrogen and oxygen atoms in total. The summed E-state index contributed by atoms with van der Waals surface area (Å²) in [6.07, 6.45) is -4.50. The predicted molar refractivity (Wildman–Crippen MR) is 91.9 cm³/mol. The summed E-state index contributed by atoms with van der Waals surface area (Å²) in [5, 5.41) is 0. The summed E-state index contributed by atoms with van der Waals surface area (Å²) in [6, 6.07) is 7.25. The van der Waals surface area contributed by atoms with Gasteiger partial charge in [-0.2, -0.15) is 13.2 Å². The highest BCUT2D eigenvalue weighted by atomic mass is 19.4. The van der Waals surface area contributed by atoms with E-state index in [0.29, 0.717) is 17.1 Å². The van der Waals surface area contributed by atoms with Crippen LogP contribution in [0, 0.1) is 13.8 Å². The zero-order valence-corrected chi connectivity index (χ0v) is 14.7. The number of fused-ring (bicyclic) bond motifs is 2. The topological polar surface area (TPSA) is 69.7 Å². The molecule has 2 aromatic heterocycles. The quantitative estimate of drug-likeness (QED) is 0.478. The molecule has 0 bridgehead atoms. The number of alkyl halides is 3. The van der Waals surface area contributed by atoms with E-state index in [4.69, 9.17) is 13.6 Å². The molecule has 1 aromatic carbocycles. The molecule has 0 amide bonds. The fourth-order valence-corrected chi connectivity index (χ4v) is 3.34. The van der Waals surface area contributed by atoms with Gasteiger partial charge in [-0.3, -0.25) is 0 Å². The van der Waals surface area contributed by atoms with Crippen LogP contribution in [0.25, 0.3) is 0 Å². The molecule has 144 valence electrons. The van der Waals surface area contributed by atoms with E-state index in [-0.39, 0.29) is 22.6 Å². The molecule has 8 heteroatoms. The van der Waals surface area contributed by atoms with Crippen LogP contribution in [0.3, 0.4) is 0 Å². The van der Waals surface area contributed by atoms with Crippen LogP contribution in [0.1, 0.15) is 39.7 Å². The van der Waals surface area contributed by atoms with Gasteiger partial charge >= 0.3 is 17.4 Å². The maximum absolute atomic E-state index is 12.9. The maximum atomic E-state index is 12.9. The summed E-state index contributed by atoms with van der Waals surface area (Å²) in [4.78, 5) is 25.0. The van der Waals surface area contributed by atoms with Gasteiger partial charge in [-0.1, -0.05) is 12.1 Å². The molecule has 0 N–H and O–H groups in total. The molecule has 3 aromatic rings. The number of hydrogen-bond donors (Lipinski definition) is 0. The summed E-state index contributed by atoms with van der Waals surface area (Å²) in [6.45, 7) is 3.14. The summed E-state index contributed by atoms with van der Waals surface area (Å²) in [7, 11) is 0. The normalized spacial score (nSPS) is 13.6. The van der Waals surface area contributed by atoms with Gasteiger partial charge in [0.2, 0.25) is 0 Å². The lowest BCUT2D eigenvalue weighted by molar-refractivity contribution is -0.137. The molecule has 0 saturated carbocycles. The van der Waals surface area contributed by atoms with Crippen LogP contribution < -0.4 is 16.0 Å². The number of benzene rings is 1. The Morgan fingerprint density at radius 1 is 0.821 bits per heavy atom. The van der Waals surface area contributed by atoms with Gasteiger partial charge in [0.25, 0.3) is 0 Å². The Morgan fingerprint density at radius 2 is 1.29 bits per heavy atom. The third kappa shape index (κ3) is 2.90. The second-order valence-corrected chi connectivity index (χ2v) is 6.50. The van der Waals surface area contributed by atoms with Gasteiger partial charge in [0, 0.05) is 12.1 Å². The first-order chi connectivity index (χ1) is 13.1. The van der Waals surface area contributed by atoms with E-state index in [1.807, 2.05) is 0 Å². The predicted octanol–water partition coefficient (Wildman–Crippen LogP) is 4.51. The van der Waals surface area contributed by atoms with Crippen molar-refractivity contribution in [1.29, 1.82) is 0 Å². The van der Waals surface area contributed by atoms with Crippen molar-refractivity contribution in [3.8, 4) is 11.5 Å². The summed E-state index contributed by atoms with van der Waals surface area (Å²) in [5.41, 5.74) is -1.92. The van der Waals surface area contributed by atoms with E-state index in [1.165, 1.54) is 24.3 Å². The SMILES string of the molecule is Cc1cc2c(c(=O)o1)C(c1ccc(C(F)(F)F)cc1)c1c(cc(C)oc1=O)O2. The van der Waals surface area contributed by atoms with Crippen LogP contribution in [0.4, 0.5) is 13.2 Å². The van der Waals surface area contributed by atoms with Crippen LogP contribution in [0.5, 0.6) is 11.5 Å². The highest BCUT2D eigenvalue weighted by Gasteiger charge is 2.37. The van der Waals surface area contributed by atoms with E-state index in [1.54, 1.807) is 13.8 Å². The molecule has 0 spiro atoms. The molecule has 0 aliphatic carbocycles. The average molecular weight is 390 g/mol. The highest BCUT2D eigenvalue weighted by Crippen LogP contribution is 2.45. The fraction of sp³-hybridized carbons (Fsp3) is 0.200. The monoisotopic (exact) mass is 390 g/mol. The van der Waals surface area contributed by atoms with Crippen molar-refractivity contribution in [1.82, 2.24) is 0 Å². The number of halogens is 3. The van der Waals surface area contributed by atoms with E-state index >= 15 is 0 Å². The van der Waals surface area contributed by atoms with Crippen LogP contribution in [-0.4, -0.2) is 0 Å². The second-order valence-electron chi connectivity index (χ2n) is 6.50. The Hall–Kier alpha value is -3.29. The van der Waals surface area contributed by atoms with Gasteiger partial charge < -0.3 is 13.6 Å². The van der Waals surface area contributed by atoms with E-state index in [2.05, 4.69) is 0 Å². The molecule has 0 unspecified atom stereocenters. The minimum Gasteiger partial charge on any atom is -0.456 e. The van der Waals surface area contributed by atoms with E-state index in [9.17, 15) is 22.8 Å². The third-order valence-corrected chi connectivity index (χ3v) is 4.52. The van der Waals surface area contributed by atoms with Gasteiger partial charge in [-0.15, -0.1) is 0 Å². The first-order valence-electron chi connectivity index (χ1n) is 8.29. The minimum absolute atomic E-state index is 0.0361. The summed E-state index contributed by atoms with van der Waals surface area (Å²) >= 11 is 0. The number of ether oxygens (including phenoxy) is 1. The molecule has 0 atom stereocenters. The van der Waals surface area contributed by atoms with Crippen LogP contribution in [0.2, 0.25) is 0 Å². The number of rotatable bonds is 1. The van der Waals surface area contributed by atoms with Crippen molar-refractivity contribution >= 4 is 0 Å². The van der Waals surface area contributed by atoms with Gasteiger partial charge in [-0.05, 0) is 31.5 Å². The Labute approximate surface area is 156 Å². The summed E-state index contributed by atoms with van der Waals surface area (Å²) < 4.78 is 54.7. The molecule has 0 fully saturated rings. The van der Waals surface area contributed by atoms with Crippen LogP contribution >= 0.6 is 0 Å². The largest absolute Gasteiger partial charge is 0.456 e. The highest BCUT2D eigenvalue weighted by molar-refractivity contribution is 5.56. The maximum Gasteiger partial charge on any atom is 0.416 e. The van der Waals surface area contributed by atoms with Gasteiger partial charge in [0.15, 0.2) is 0 Å². The van der Waals surface area contributed by atoms with Crippen molar-refractivity contribution in [2.24, 2.45) is 0 Å². The van der Waals surface area contributed by atoms with Crippen molar-refractivity contribution in [2.45, 2.75) is 25.9 Å².